The van der Waals surface area contributed by atoms with Crippen molar-refractivity contribution >= 4 is 11.5 Å². The molecular weight excluding hydrogens is 269 g/mol. The van der Waals surface area contributed by atoms with Gasteiger partial charge < -0.3 is 5.32 Å². The molecule has 1 saturated carbocycles. The van der Waals surface area contributed by atoms with Gasteiger partial charge >= 0.3 is 0 Å². The van der Waals surface area contributed by atoms with Crippen molar-refractivity contribution in [3.05, 3.63) is 42.2 Å². The molecule has 2 heterocycles. The van der Waals surface area contributed by atoms with Crippen LogP contribution in [-0.4, -0.2) is 25.9 Å². The van der Waals surface area contributed by atoms with Gasteiger partial charge in [0.25, 0.3) is 0 Å². The highest BCUT2D eigenvalue weighted by Gasteiger charge is 2.18. The normalized spacial score (nSPS) is 15.1. The van der Waals surface area contributed by atoms with Gasteiger partial charge in [-0.2, -0.15) is 4.52 Å². The third kappa shape index (κ3) is 2.22. The monoisotopic (exact) mass is 283 g/mol. The lowest BCUT2D eigenvalue weighted by Crippen LogP contribution is -2.27. The molecule has 0 amide bonds. The van der Waals surface area contributed by atoms with Crippen LogP contribution < -0.4 is 5.32 Å². The maximum atomic E-state index is 13.4. The van der Waals surface area contributed by atoms with Gasteiger partial charge in [-0.3, -0.25) is 0 Å². The van der Waals surface area contributed by atoms with Crippen LogP contribution in [-0.2, 0) is 0 Å². The molecule has 1 aromatic carbocycles. The van der Waals surface area contributed by atoms with Gasteiger partial charge in [0.05, 0.1) is 0 Å². The molecule has 1 fully saturated rings. The second kappa shape index (κ2) is 4.80. The van der Waals surface area contributed by atoms with Gasteiger partial charge in [-0.05, 0) is 43.5 Å². The van der Waals surface area contributed by atoms with E-state index in [1.807, 2.05) is 12.1 Å². The Morgan fingerprint density at radius 2 is 2.05 bits per heavy atom. The summed E-state index contributed by atoms with van der Waals surface area (Å²) in [6.45, 7) is 0. The predicted molar refractivity (Wildman–Crippen MR) is 77.4 cm³/mol. The number of anilines is 1. The number of rotatable bonds is 3. The first kappa shape index (κ1) is 12.3. The van der Waals surface area contributed by atoms with E-state index in [1.165, 1.54) is 31.4 Å². The van der Waals surface area contributed by atoms with E-state index in [1.54, 1.807) is 16.6 Å². The second-order valence-electron chi connectivity index (χ2n) is 5.29. The summed E-state index contributed by atoms with van der Waals surface area (Å²) in [6.07, 6.45) is 3.62. The molecule has 5 nitrogen and oxygen atoms in total. The van der Waals surface area contributed by atoms with Crippen molar-refractivity contribution in [2.24, 2.45) is 0 Å². The van der Waals surface area contributed by atoms with E-state index in [4.69, 9.17) is 0 Å². The number of halogens is 1. The highest BCUT2D eigenvalue weighted by atomic mass is 19.1. The first-order valence-electron chi connectivity index (χ1n) is 7.04. The third-order valence-electron chi connectivity index (χ3n) is 3.80. The van der Waals surface area contributed by atoms with E-state index in [0.717, 1.165) is 5.82 Å². The van der Waals surface area contributed by atoms with Crippen LogP contribution in [0.2, 0.25) is 0 Å². The van der Waals surface area contributed by atoms with Crippen molar-refractivity contribution in [3.63, 3.8) is 0 Å². The molecule has 1 aliphatic rings. The summed E-state index contributed by atoms with van der Waals surface area (Å²) in [5, 5.41) is 16.1. The summed E-state index contributed by atoms with van der Waals surface area (Å²) in [6, 6.07) is 10.6. The highest BCUT2D eigenvalue weighted by Crippen LogP contribution is 2.23. The van der Waals surface area contributed by atoms with Crippen molar-refractivity contribution in [1.82, 2.24) is 19.8 Å². The minimum absolute atomic E-state index is 0.298. The Morgan fingerprint density at radius 1 is 1.14 bits per heavy atom. The molecule has 0 aliphatic heterocycles. The molecule has 0 bridgehead atoms. The van der Waals surface area contributed by atoms with Crippen LogP contribution in [0.1, 0.15) is 19.3 Å². The summed E-state index contributed by atoms with van der Waals surface area (Å²) in [5.41, 5.74) is 1.31. The van der Waals surface area contributed by atoms with Crippen LogP contribution in [0.25, 0.3) is 17.0 Å². The number of hydrogen-bond donors (Lipinski definition) is 1. The molecule has 0 atom stereocenters. The number of nitrogens with zero attached hydrogens (tertiary/aromatic N) is 4. The Hall–Kier alpha value is -2.50. The third-order valence-corrected chi connectivity index (χ3v) is 3.80. The Kier molecular flexibility index (Phi) is 2.80. The van der Waals surface area contributed by atoms with Crippen LogP contribution >= 0.6 is 0 Å². The molecule has 106 valence electrons. The smallest absolute Gasteiger partial charge is 0.185 e. The Morgan fingerprint density at radius 3 is 2.81 bits per heavy atom. The fourth-order valence-electron chi connectivity index (χ4n) is 2.44. The van der Waals surface area contributed by atoms with E-state index in [2.05, 4.69) is 20.6 Å². The van der Waals surface area contributed by atoms with Crippen molar-refractivity contribution in [2.75, 3.05) is 5.32 Å². The van der Waals surface area contributed by atoms with Crippen LogP contribution in [0.5, 0.6) is 0 Å². The molecule has 0 saturated heterocycles. The van der Waals surface area contributed by atoms with E-state index in [0.29, 0.717) is 23.1 Å². The molecule has 1 N–H and O–H groups in total. The van der Waals surface area contributed by atoms with E-state index in [9.17, 15) is 4.39 Å². The SMILES string of the molecule is Fc1cccc(-c2nnc3ccc(NC4CCC4)nn23)c1. The summed E-state index contributed by atoms with van der Waals surface area (Å²) < 4.78 is 15.0. The van der Waals surface area contributed by atoms with Crippen molar-refractivity contribution in [2.45, 2.75) is 25.3 Å². The predicted octanol–water partition coefficient (Wildman–Crippen LogP) is 2.89. The number of fused-ring (bicyclic) bond motifs is 1. The second-order valence-corrected chi connectivity index (χ2v) is 5.29. The molecule has 0 radical (unpaired) electrons. The fraction of sp³-hybridized carbons (Fsp3) is 0.267. The average molecular weight is 283 g/mol. The van der Waals surface area contributed by atoms with Crippen LogP contribution in [0, 0.1) is 5.82 Å². The largest absolute Gasteiger partial charge is 0.366 e. The molecule has 3 aromatic rings. The molecule has 21 heavy (non-hydrogen) atoms. The first-order valence-corrected chi connectivity index (χ1v) is 7.04. The zero-order valence-electron chi connectivity index (χ0n) is 11.3. The maximum absolute atomic E-state index is 13.4. The molecular formula is C15H14FN5. The fourth-order valence-corrected chi connectivity index (χ4v) is 2.44. The molecule has 0 unspecified atom stereocenters. The highest BCUT2D eigenvalue weighted by molar-refractivity contribution is 5.59. The van der Waals surface area contributed by atoms with Gasteiger partial charge in [0, 0.05) is 11.6 Å². The van der Waals surface area contributed by atoms with E-state index in [-0.39, 0.29) is 5.82 Å². The standard InChI is InChI=1S/C15H14FN5/c16-11-4-1-3-10(9-11)15-19-18-14-8-7-13(20-21(14)15)17-12-5-2-6-12/h1,3-4,7-9,12H,2,5-6H2,(H,17,20). The van der Waals surface area contributed by atoms with Gasteiger partial charge in [0.2, 0.25) is 0 Å². The minimum Gasteiger partial charge on any atom is -0.366 e. The molecule has 4 rings (SSSR count). The van der Waals surface area contributed by atoms with Gasteiger partial charge in [-0.15, -0.1) is 15.3 Å². The quantitative estimate of drug-likeness (QED) is 0.803. The summed E-state index contributed by atoms with van der Waals surface area (Å²) in [7, 11) is 0. The Balaban J connectivity index is 1.76. The van der Waals surface area contributed by atoms with Crippen LogP contribution in [0.4, 0.5) is 10.2 Å². The first-order chi connectivity index (χ1) is 10.3. The minimum atomic E-state index is -0.298. The molecule has 6 heteroatoms. The Bertz CT molecular complexity index is 794. The lowest BCUT2D eigenvalue weighted by Gasteiger charge is -2.26. The number of hydrogen-bond acceptors (Lipinski definition) is 4. The van der Waals surface area contributed by atoms with Crippen molar-refractivity contribution in [3.8, 4) is 11.4 Å². The van der Waals surface area contributed by atoms with Gasteiger partial charge in [-0.25, -0.2) is 4.39 Å². The van der Waals surface area contributed by atoms with Crippen molar-refractivity contribution < 1.29 is 4.39 Å². The Labute approximate surface area is 120 Å². The van der Waals surface area contributed by atoms with Gasteiger partial charge in [0.15, 0.2) is 11.5 Å². The number of aromatic nitrogens is 4. The van der Waals surface area contributed by atoms with Crippen LogP contribution in [0.15, 0.2) is 36.4 Å². The maximum Gasteiger partial charge on any atom is 0.185 e. The lowest BCUT2D eigenvalue weighted by molar-refractivity contribution is 0.444. The zero-order valence-corrected chi connectivity index (χ0v) is 11.3. The summed E-state index contributed by atoms with van der Waals surface area (Å²) >= 11 is 0. The molecule has 1 aliphatic carbocycles. The summed E-state index contributed by atoms with van der Waals surface area (Å²) in [5.74, 6) is 1.04. The van der Waals surface area contributed by atoms with Crippen LogP contribution in [0.3, 0.4) is 0 Å². The van der Waals surface area contributed by atoms with Crippen molar-refractivity contribution in [1.29, 1.82) is 0 Å². The lowest BCUT2D eigenvalue weighted by atomic mass is 9.93. The number of benzene rings is 1. The number of nitrogens with one attached hydrogen (secondary N) is 1. The van der Waals surface area contributed by atoms with Gasteiger partial charge in [-0.1, -0.05) is 12.1 Å². The zero-order chi connectivity index (χ0) is 14.2. The summed E-state index contributed by atoms with van der Waals surface area (Å²) in [4.78, 5) is 0. The molecule has 2 aromatic heterocycles. The topological polar surface area (TPSA) is 55.1 Å². The van der Waals surface area contributed by atoms with E-state index >= 15 is 0 Å². The molecule has 0 spiro atoms. The average Bonchev–Trinajstić information content (AvgIpc) is 2.86. The van der Waals surface area contributed by atoms with Gasteiger partial charge in [0.1, 0.15) is 11.6 Å². The van der Waals surface area contributed by atoms with E-state index < -0.39 is 0 Å².